The van der Waals surface area contributed by atoms with Gasteiger partial charge in [0.25, 0.3) is 0 Å². The first-order chi connectivity index (χ1) is 9.83. The number of aliphatic hydroxyl groups is 1. The summed E-state index contributed by atoms with van der Waals surface area (Å²) >= 11 is 0. The average molecular weight is 350 g/mol. The summed E-state index contributed by atoms with van der Waals surface area (Å²) in [5.41, 5.74) is 0.499. The minimum absolute atomic E-state index is 0.0606. The van der Waals surface area contributed by atoms with Gasteiger partial charge in [-0.3, -0.25) is 0 Å². The second-order valence-corrected chi connectivity index (χ2v) is 13.8. The first-order valence-corrected chi connectivity index (χ1v) is 11.4. The molecule has 22 heavy (non-hydrogen) atoms. The molecule has 0 radical (unpaired) electrons. The van der Waals surface area contributed by atoms with Crippen LogP contribution in [-0.2, 0) is 27.8 Å². The Labute approximate surface area is 134 Å². The van der Waals surface area contributed by atoms with Crippen molar-refractivity contribution >= 4 is 18.5 Å². The van der Waals surface area contributed by atoms with E-state index in [1.54, 1.807) is 0 Å². The smallest absolute Gasteiger partial charge is 0.308 e. The van der Waals surface area contributed by atoms with E-state index in [-0.39, 0.29) is 17.5 Å². The van der Waals surface area contributed by atoms with Crippen molar-refractivity contribution in [3.63, 3.8) is 0 Å². The van der Waals surface area contributed by atoms with Gasteiger partial charge < -0.3 is 9.53 Å². The van der Waals surface area contributed by atoms with Gasteiger partial charge in [-0.05, 0) is 18.1 Å². The van der Waals surface area contributed by atoms with Crippen molar-refractivity contribution in [2.75, 3.05) is 14.1 Å². The molecule has 0 aromatic carbocycles. The molecule has 0 atom stereocenters. The standard InChI is InChI=1S/C13H27N3O4SSi/c1-13(2,3)22(6,7)20-10-11-8-16(12(9-17)14-11)21(18,19)15(4)5/h8,17H,9-10H2,1-7H3. The van der Waals surface area contributed by atoms with Crippen molar-refractivity contribution in [2.45, 2.75) is 52.1 Å². The lowest BCUT2D eigenvalue weighted by molar-refractivity contribution is 0.264. The molecule has 1 aromatic heterocycles. The van der Waals surface area contributed by atoms with Gasteiger partial charge in [-0.15, -0.1) is 0 Å². The second-order valence-electron chi connectivity index (χ2n) is 6.94. The Morgan fingerprint density at radius 3 is 2.32 bits per heavy atom. The lowest BCUT2D eigenvalue weighted by Gasteiger charge is -2.35. The van der Waals surface area contributed by atoms with Gasteiger partial charge in [0.1, 0.15) is 12.4 Å². The van der Waals surface area contributed by atoms with Crippen molar-refractivity contribution in [1.29, 1.82) is 0 Å². The van der Waals surface area contributed by atoms with Gasteiger partial charge in [0.15, 0.2) is 8.32 Å². The van der Waals surface area contributed by atoms with Gasteiger partial charge in [-0.2, -0.15) is 12.7 Å². The Balaban J connectivity index is 3.04. The lowest BCUT2D eigenvalue weighted by Crippen LogP contribution is -2.40. The summed E-state index contributed by atoms with van der Waals surface area (Å²) in [7, 11) is -2.78. The van der Waals surface area contributed by atoms with E-state index in [1.165, 1.54) is 20.3 Å². The first-order valence-electron chi connectivity index (χ1n) is 7.08. The zero-order valence-corrected chi connectivity index (χ0v) is 16.2. The molecule has 0 spiro atoms. The number of aromatic nitrogens is 2. The van der Waals surface area contributed by atoms with E-state index in [9.17, 15) is 13.5 Å². The highest BCUT2D eigenvalue weighted by molar-refractivity contribution is 7.87. The Bertz CT molecular complexity index is 618. The third kappa shape index (κ3) is 3.96. The van der Waals surface area contributed by atoms with E-state index in [1.807, 2.05) is 0 Å². The summed E-state index contributed by atoms with van der Waals surface area (Å²) in [6.45, 7) is 10.4. The van der Waals surface area contributed by atoms with Crippen LogP contribution >= 0.6 is 0 Å². The van der Waals surface area contributed by atoms with E-state index < -0.39 is 25.1 Å². The Morgan fingerprint density at radius 2 is 1.91 bits per heavy atom. The van der Waals surface area contributed by atoms with Gasteiger partial charge in [0.2, 0.25) is 0 Å². The molecule has 0 saturated heterocycles. The fourth-order valence-electron chi connectivity index (χ4n) is 1.47. The van der Waals surface area contributed by atoms with Crippen LogP contribution < -0.4 is 0 Å². The molecule has 1 aromatic rings. The third-order valence-corrected chi connectivity index (χ3v) is 10.2. The topological polar surface area (TPSA) is 84.7 Å². The molecule has 1 heterocycles. The average Bonchev–Trinajstić information content (AvgIpc) is 2.78. The van der Waals surface area contributed by atoms with E-state index in [0.29, 0.717) is 5.69 Å². The molecule has 0 aliphatic carbocycles. The molecule has 0 fully saturated rings. The Morgan fingerprint density at radius 1 is 1.36 bits per heavy atom. The number of hydrogen-bond donors (Lipinski definition) is 1. The summed E-state index contributed by atoms with van der Waals surface area (Å²) in [5, 5.41) is 9.40. The molecule has 7 nitrogen and oxygen atoms in total. The number of aliphatic hydroxyl groups excluding tert-OH is 1. The maximum atomic E-state index is 12.2. The van der Waals surface area contributed by atoms with Gasteiger partial charge in [-0.25, -0.2) is 8.96 Å². The van der Waals surface area contributed by atoms with Crippen LogP contribution in [0.15, 0.2) is 6.20 Å². The SMILES string of the molecule is CN(C)S(=O)(=O)n1cc(CO[Si](C)(C)C(C)(C)C)nc1CO. The van der Waals surface area contributed by atoms with E-state index >= 15 is 0 Å². The third-order valence-electron chi connectivity index (χ3n) is 4.03. The lowest BCUT2D eigenvalue weighted by atomic mass is 10.2. The molecule has 1 rings (SSSR count). The van der Waals surface area contributed by atoms with Crippen LogP contribution in [0.1, 0.15) is 32.3 Å². The molecule has 0 aliphatic heterocycles. The predicted molar refractivity (Wildman–Crippen MR) is 88.1 cm³/mol. The number of nitrogens with zero attached hydrogens (tertiary/aromatic N) is 3. The highest BCUT2D eigenvalue weighted by atomic mass is 32.2. The van der Waals surface area contributed by atoms with E-state index in [0.717, 1.165) is 8.28 Å². The van der Waals surface area contributed by atoms with Crippen molar-refractivity contribution in [3.05, 3.63) is 17.7 Å². The van der Waals surface area contributed by atoms with Crippen LogP contribution in [0.25, 0.3) is 0 Å². The van der Waals surface area contributed by atoms with E-state index in [4.69, 9.17) is 4.43 Å². The second kappa shape index (κ2) is 6.40. The number of imidazole rings is 1. The minimum Gasteiger partial charge on any atom is -0.411 e. The van der Waals surface area contributed by atoms with Crippen LogP contribution in [0.3, 0.4) is 0 Å². The minimum atomic E-state index is -3.70. The molecule has 9 heteroatoms. The highest BCUT2D eigenvalue weighted by Gasteiger charge is 2.37. The maximum Gasteiger partial charge on any atom is 0.308 e. The molecular weight excluding hydrogens is 322 g/mol. The van der Waals surface area contributed by atoms with Crippen LogP contribution in [0.4, 0.5) is 0 Å². The van der Waals surface area contributed by atoms with E-state index in [2.05, 4.69) is 38.8 Å². The summed E-state index contributed by atoms with van der Waals surface area (Å²) in [4.78, 5) is 4.17. The molecule has 0 amide bonds. The molecule has 0 unspecified atom stereocenters. The predicted octanol–water partition coefficient (Wildman–Crippen LogP) is 1.55. The highest BCUT2D eigenvalue weighted by Crippen LogP contribution is 2.37. The fraction of sp³-hybridized carbons (Fsp3) is 0.769. The summed E-state index contributed by atoms with van der Waals surface area (Å²) in [5.74, 6) is 0.0857. The summed E-state index contributed by atoms with van der Waals surface area (Å²) < 4.78 is 32.5. The summed E-state index contributed by atoms with van der Waals surface area (Å²) in [6.07, 6.45) is 1.41. The fourth-order valence-corrected chi connectivity index (χ4v) is 3.39. The van der Waals surface area contributed by atoms with Gasteiger partial charge in [0, 0.05) is 20.3 Å². The number of hydrogen-bond acceptors (Lipinski definition) is 5. The molecule has 0 bridgehead atoms. The van der Waals surface area contributed by atoms with Crippen LogP contribution in [0.2, 0.25) is 18.1 Å². The van der Waals surface area contributed by atoms with Crippen molar-refractivity contribution < 1.29 is 18.0 Å². The Hall–Kier alpha value is -0.743. The maximum absolute atomic E-state index is 12.2. The molecule has 0 aliphatic rings. The van der Waals surface area contributed by atoms with Crippen molar-refractivity contribution in [2.24, 2.45) is 0 Å². The van der Waals surface area contributed by atoms with Crippen LogP contribution in [0, 0.1) is 0 Å². The summed E-state index contributed by atoms with van der Waals surface area (Å²) in [6, 6.07) is 0. The zero-order chi connectivity index (χ0) is 17.3. The van der Waals surface area contributed by atoms with Gasteiger partial charge >= 0.3 is 10.2 Å². The quantitative estimate of drug-likeness (QED) is 0.788. The van der Waals surface area contributed by atoms with Crippen LogP contribution in [-0.4, -0.2) is 49.2 Å². The molecule has 0 saturated carbocycles. The first kappa shape index (κ1) is 19.3. The molecule has 1 N–H and O–H groups in total. The molecular formula is C13H27N3O4SSi. The zero-order valence-electron chi connectivity index (χ0n) is 14.4. The van der Waals surface area contributed by atoms with Gasteiger partial charge in [0.05, 0.1) is 12.3 Å². The number of rotatable bonds is 6. The van der Waals surface area contributed by atoms with Crippen molar-refractivity contribution in [3.8, 4) is 0 Å². The van der Waals surface area contributed by atoms with Gasteiger partial charge in [-0.1, -0.05) is 20.8 Å². The Kier molecular flexibility index (Phi) is 5.62. The largest absolute Gasteiger partial charge is 0.411 e. The molecule has 128 valence electrons. The monoisotopic (exact) mass is 349 g/mol. The normalized spacial score (nSPS) is 13.9. The van der Waals surface area contributed by atoms with Crippen molar-refractivity contribution in [1.82, 2.24) is 13.3 Å². The van der Waals surface area contributed by atoms with Crippen LogP contribution in [0.5, 0.6) is 0 Å².